The summed E-state index contributed by atoms with van der Waals surface area (Å²) >= 11 is 1.50. The fourth-order valence-electron chi connectivity index (χ4n) is 3.68. The maximum atomic E-state index is 12.7. The Kier molecular flexibility index (Phi) is 6.94. The Labute approximate surface area is 166 Å². The monoisotopic (exact) mass is 386 g/mol. The van der Waals surface area contributed by atoms with Crippen molar-refractivity contribution in [1.29, 1.82) is 0 Å². The fraction of sp³-hybridized carbons (Fsp3) is 0.571. The number of rotatable bonds is 7. The van der Waals surface area contributed by atoms with Crippen LogP contribution in [0.3, 0.4) is 0 Å². The number of carbonyl (C=O) groups is 1. The van der Waals surface area contributed by atoms with Gasteiger partial charge in [0.15, 0.2) is 5.16 Å². The van der Waals surface area contributed by atoms with Crippen LogP contribution in [0.15, 0.2) is 35.5 Å². The van der Waals surface area contributed by atoms with Crippen LogP contribution < -0.4 is 5.32 Å². The summed E-state index contributed by atoms with van der Waals surface area (Å²) < 4.78 is 2.12. The Balaban J connectivity index is 1.63. The van der Waals surface area contributed by atoms with Gasteiger partial charge in [-0.15, -0.1) is 10.2 Å². The zero-order valence-corrected chi connectivity index (χ0v) is 17.3. The quantitative estimate of drug-likeness (QED) is 0.729. The van der Waals surface area contributed by atoms with Crippen LogP contribution in [0.1, 0.15) is 57.8 Å². The number of hydrogen-bond donors (Lipinski definition) is 1. The summed E-state index contributed by atoms with van der Waals surface area (Å²) in [5.41, 5.74) is 1.22. The molecule has 3 atom stereocenters. The average molecular weight is 387 g/mol. The lowest BCUT2D eigenvalue weighted by Crippen LogP contribution is -2.44. The summed E-state index contributed by atoms with van der Waals surface area (Å²) in [5.74, 6) is 1.62. The standard InChI is InChI=1S/C21H30N4OS/c1-4-25-19(14-17-11-6-5-7-12-17)23-24-21(25)27-16(3)20(26)22-18-13-9-8-10-15(18)2/h5-7,11-12,15-16,18H,4,8-10,13-14H2,1-3H3,(H,22,26). The Hall–Kier alpha value is -1.82. The second kappa shape index (κ2) is 9.40. The van der Waals surface area contributed by atoms with Gasteiger partial charge in [-0.1, -0.05) is 61.9 Å². The number of benzene rings is 1. The molecule has 1 aromatic carbocycles. The molecule has 0 bridgehead atoms. The first kappa shape index (κ1) is 19.9. The van der Waals surface area contributed by atoms with E-state index in [0.717, 1.165) is 30.4 Å². The smallest absolute Gasteiger partial charge is 0.233 e. The number of hydrogen-bond acceptors (Lipinski definition) is 4. The van der Waals surface area contributed by atoms with Crippen LogP contribution in [-0.2, 0) is 17.8 Å². The topological polar surface area (TPSA) is 59.8 Å². The minimum Gasteiger partial charge on any atom is -0.352 e. The van der Waals surface area contributed by atoms with Gasteiger partial charge >= 0.3 is 0 Å². The van der Waals surface area contributed by atoms with Gasteiger partial charge in [-0.25, -0.2) is 0 Å². The first-order valence-electron chi connectivity index (χ1n) is 10.0. The predicted octanol–water partition coefficient (Wildman–Crippen LogP) is 4.06. The van der Waals surface area contributed by atoms with Crippen LogP contribution in [0.5, 0.6) is 0 Å². The first-order valence-corrected chi connectivity index (χ1v) is 10.9. The van der Waals surface area contributed by atoms with Crippen molar-refractivity contribution in [3.05, 3.63) is 41.7 Å². The van der Waals surface area contributed by atoms with Gasteiger partial charge in [-0.05, 0) is 38.2 Å². The number of aromatic nitrogens is 3. The normalized spacial score (nSPS) is 21.0. The largest absolute Gasteiger partial charge is 0.352 e. The average Bonchev–Trinajstić information content (AvgIpc) is 3.05. The molecule has 0 radical (unpaired) electrons. The Morgan fingerprint density at radius 3 is 2.70 bits per heavy atom. The maximum absolute atomic E-state index is 12.7. The Morgan fingerprint density at radius 1 is 1.26 bits per heavy atom. The Morgan fingerprint density at radius 2 is 2.00 bits per heavy atom. The molecule has 6 heteroatoms. The lowest BCUT2D eigenvalue weighted by molar-refractivity contribution is -0.121. The minimum atomic E-state index is -0.182. The van der Waals surface area contributed by atoms with E-state index in [1.54, 1.807) is 0 Å². The summed E-state index contributed by atoms with van der Waals surface area (Å²) in [6, 6.07) is 10.6. The van der Waals surface area contributed by atoms with E-state index in [0.29, 0.717) is 12.0 Å². The number of carbonyl (C=O) groups excluding carboxylic acids is 1. The highest BCUT2D eigenvalue weighted by atomic mass is 32.2. The predicted molar refractivity (Wildman–Crippen MR) is 110 cm³/mol. The maximum Gasteiger partial charge on any atom is 0.233 e. The summed E-state index contributed by atoms with van der Waals surface area (Å²) in [6.07, 6.45) is 5.55. The third kappa shape index (κ3) is 5.12. The van der Waals surface area contributed by atoms with Crippen molar-refractivity contribution in [3.8, 4) is 0 Å². The molecule has 1 aliphatic carbocycles. The van der Waals surface area contributed by atoms with Gasteiger partial charge in [-0.3, -0.25) is 4.79 Å². The molecule has 1 amide bonds. The summed E-state index contributed by atoms with van der Waals surface area (Å²) in [4.78, 5) is 12.7. The fourth-order valence-corrected chi connectivity index (χ4v) is 4.62. The zero-order chi connectivity index (χ0) is 19.2. The van der Waals surface area contributed by atoms with Crippen LogP contribution in [0.25, 0.3) is 0 Å². The second-order valence-electron chi connectivity index (χ2n) is 7.44. The van der Waals surface area contributed by atoms with Crippen molar-refractivity contribution < 1.29 is 4.79 Å². The molecule has 2 aromatic rings. The highest BCUT2D eigenvalue weighted by molar-refractivity contribution is 8.00. The van der Waals surface area contributed by atoms with Crippen molar-refractivity contribution in [2.45, 2.75) is 75.9 Å². The van der Waals surface area contributed by atoms with Gasteiger partial charge in [0.2, 0.25) is 5.91 Å². The molecule has 1 saturated carbocycles. The van der Waals surface area contributed by atoms with Crippen LogP contribution in [0, 0.1) is 5.92 Å². The number of thioether (sulfide) groups is 1. The Bertz CT molecular complexity index is 746. The molecule has 1 N–H and O–H groups in total. The van der Waals surface area contributed by atoms with Crippen LogP contribution >= 0.6 is 11.8 Å². The van der Waals surface area contributed by atoms with Crippen molar-refractivity contribution in [2.75, 3.05) is 0 Å². The van der Waals surface area contributed by atoms with E-state index in [1.807, 2.05) is 25.1 Å². The van der Waals surface area contributed by atoms with Gasteiger partial charge in [0.1, 0.15) is 5.82 Å². The molecule has 1 fully saturated rings. The lowest BCUT2D eigenvalue weighted by Gasteiger charge is -2.30. The van der Waals surface area contributed by atoms with E-state index < -0.39 is 0 Å². The molecule has 0 saturated heterocycles. The molecule has 3 rings (SSSR count). The molecule has 1 heterocycles. The van der Waals surface area contributed by atoms with Crippen LogP contribution in [-0.4, -0.2) is 32.0 Å². The van der Waals surface area contributed by atoms with Crippen molar-refractivity contribution in [3.63, 3.8) is 0 Å². The summed E-state index contributed by atoms with van der Waals surface area (Å²) in [5, 5.41) is 12.6. The third-order valence-corrected chi connectivity index (χ3v) is 6.49. The van der Waals surface area contributed by atoms with Gasteiger partial charge in [0, 0.05) is 19.0 Å². The van der Waals surface area contributed by atoms with Crippen molar-refractivity contribution in [1.82, 2.24) is 20.1 Å². The van der Waals surface area contributed by atoms with E-state index in [1.165, 1.54) is 36.6 Å². The molecule has 5 nitrogen and oxygen atoms in total. The summed E-state index contributed by atoms with van der Waals surface area (Å²) in [7, 11) is 0. The molecule has 0 spiro atoms. The molecule has 0 aliphatic heterocycles. The van der Waals surface area contributed by atoms with E-state index in [9.17, 15) is 4.79 Å². The van der Waals surface area contributed by atoms with E-state index in [2.05, 4.69) is 46.1 Å². The third-order valence-electron chi connectivity index (χ3n) is 5.41. The van der Waals surface area contributed by atoms with Crippen molar-refractivity contribution in [2.24, 2.45) is 5.92 Å². The van der Waals surface area contributed by atoms with E-state index in [4.69, 9.17) is 0 Å². The van der Waals surface area contributed by atoms with Gasteiger partial charge in [-0.2, -0.15) is 0 Å². The summed E-state index contributed by atoms with van der Waals surface area (Å²) in [6.45, 7) is 7.09. The SMILES string of the molecule is CCn1c(Cc2ccccc2)nnc1SC(C)C(=O)NC1CCCCC1C. The van der Waals surface area contributed by atoms with E-state index in [-0.39, 0.29) is 11.2 Å². The second-order valence-corrected chi connectivity index (χ2v) is 8.75. The molecule has 3 unspecified atom stereocenters. The molecule has 1 aliphatic rings. The van der Waals surface area contributed by atoms with E-state index >= 15 is 0 Å². The highest BCUT2D eigenvalue weighted by Gasteiger charge is 2.26. The molecule has 1 aromatic heterocycles. The van der Waals surface area contributed by atoms with Crippen LogP contribution in [0.4, 0.5) is 0 Å². The number of nitrogens with one attached hydrogen (secondary N) is 1. The lowest BCUT2D eigenvalue weighted by atomic mass is 9.86. The zero-order valence-electron chi connectivity index (χ0n) is 16.5. The first-order chi connectivity index (χ1) is 13.1. The van der Waals surface area contributed by atoms with Crippen molar-refractivity contribution >= 4 is 17.7 Å². The van der Waals surface area contributed by atoms with Gasteiger partial charge in [0.05, 0.1) is 5.25 Å². The number of nitrogens with zero attached hydrogens (tertiary/aromatic N) is 3. The van der Waals surface area contributed by atoms with Gasteiger partial charge < -0.3 is 9.88 Å². The molecule has 146 valence electrons. The highest BCUT2D eigenvalue weighted by Crippen LogP contribution is 2.26. The number of amides is 1. The molecular formula is C21H30N4OS. The molecule has 27 heavy (non-hydrogen) atoms. The minimum absolute atomic E-state index is 0.106. The molecular weight excluding hydrogens is 356 g/mol. The van der Waals surface area contributed by atoms with Gasteiger partial charge in [0.25, 0.3) is 0 Å². The van der Waals surface area contributed by atoms with Crippen LogP contribution in [0.2, 0.25) is 0 Å².